The third-order valence-corrected chi connectivity index (χ3v) is 2.53. The van der Waals surface area contributed by atoms with E-state index in [-0.39, 0.29) is 28.2 Å². The van der Waals surface area contributed by atoms with Crippen LogP contribution in [0.3, 0.4) is 0 Å². The lowest BCUT2D eigenvalue weighted by Crippen LogP contribution is -2.09. The Balaban J connectivity index is 3.26. The van der Waals surface area contributed by atoms with E-state index >= 15 is 0 Å². The predicted octanol–water partition coefficient (Wildman–Crippen LogP) is 2.97. The molecule has 0 atom stereocenters. The molecule has 0 saturated carbocycles. The average Bonchev–Trinajstić information content (AvgIpc) is 2.28. The normalized spacial score (nSPS) is 10.5. The molecule has 0 aliphatic carbocycles. The Labute approximate surface area is 105 Å². The van der Waals surface area contributed by atoms with Crippen LogP contribution in [0.5, 0.6) is 5.88 Å². The Morgan fingerprint density at radius 3 is 2.71 bits per heavy atom. The second-order valence-corrected chi connectivity index (χ2v) is 3.70. The number of carbonyl (C=O) groups is 1. The van der Waals surface area contributed by atoms with E-state index < -0.39 is 12.4 Å². The van der Waals surface area contributed by atoms with Crippen molar-refractivity contribution in [2.45, 2.75) is 13.3 Å². The number of hydrogen-bond donors (Lipinski definition) is 0. The van der Waals surface area contributed by atoms with Crippen LogP contribution in [0, 0.1) is 0 Å². The summed E-state index contributed by atoms with van der Waals surface area (Å²) < 4.78 is 34.8. The van der Waals surface area contributed by atoms with Gasteiger partial charge in [-0.15, -0.1) is 0 Å². The van der Waals surface area contributed by atoms with Crippen LogP contribution in [0.2, 0.25) is 0 Å². The third kappa shape index (κ3) is 3.12. The van der Waals surface area contributed by atoms with Crippen molar-refractivity contribution < 1.29 is 23.0 Å². The van der Waals surface area contributed by atoms with Crippen molar-refractivity contribution >= 4 is 21.9 Å². The van der Waals surface area contributed by atoms with Gasteiger partial charge >= 0.3 is 5.97 Å². The molecule has 0 spiro atoms. The molecular weight excluding hydrogens is 300 g/mol. The number of hydrogen-bond acceptors (Lipinski definition) is 4. The number of aromatic nitrogens is 1. The minimum atomic E-state index is -2.74. The van der Waals surface area contributed by atoms with Crippen LogP contribution in [0.15, 0.2) is 10.7 Å². The number of alkyl halides is 2. The van der Waals surface area contributed by atoms with Gasteiger partial charge in [0.15, 0.2) is 0 Å². The Kier molecular flexibility index (Phi) is 4.80. The van der Waals surface area contributed by atoms with E-state index in [0.717, 1.165) is 6.07 Å². The predicted molar refractivity (Wildman–Crippen MR) is 59.4 cm³/mol. The maximum absolute atomic E-state index is 12.6. The lowest BCUT2D eigenvalue weighted by Gasteiger charge is -2.10. The van der Waals surface area contributed by atoms with E-state index in [1.807, 2.05) is 0 Å². The molecule has 0 aromatic carbocycles. The smallest absolute Gasteiger partial charge is 0.343 e. The van der Waals surface area contributed by atoms with Gasteiger partial charge in [0.05, 0.1) is 19.3 Å². The molecule has 1 rings (SSSR count). The molecule has 1 aromatic rings. The zero-order valence-corrected chi connectivity index (χ0v) is 10.8. The standard InChI is InChI=1S/C10H10BrF2NO3/c1-3-17-10(15)6-4-5(8(12)13)7(11)14-9(6)16-2/h4,8H,3H2,1-2H3. The highest BCUT2D eigenvalue weighted by Crippen LogP contribution is 2.30. The number of ether oxygens (including phenoxy) is 2. The van der Waals surface area contributed by atoms with Crippen LogP contribution in [0.25, 0.3) is 0 Å². The molecule has 0 radical (unpaired) electrons. The van der Waals surface area contributed by atoms with E-state index in [4.69, 9.17) is 9.47 Å². The van der Waals surface area contributed by atoms with E-state index in [1.54, 1.807) is 6.92 Å². The second-order valence-electron chi connectivity index (χ2n) is 2.95. The molecule has 1 aromatic heterocycles. The van der Waals surface area contributed by atoms with Crippen molar-refractivity contribution in [2.75, 3.05) is 13.7 Å². The van der Waals surface area contributed by atoms with E-state index in [0.29, 0.717) is 0 Å². The van der Waals surface area contributed by atoms with Gasteiger partial charge in [0.1, 0.15) is 10.2 Å². The molecule has 94 valence electrons. The molecule has 0 aliphatic heterocycles. The first-order chi connectivity index (χ1) is 8.01. The highest BCUT2D eigenvalue weighted by molar-refractivity contribution is 9.10. The van der Waals surface area contributed by atoms with Gasteiger partial charge in [0, 0.05) is 0 Å². The largest absolute Gasteiger partial charge is 0.480 e. The molecule has 0 saturated heterocycles. The first-order valence-electron chi connectivity index (χ1n) is 4.71. The van der Waals surface area contributed by atoms with Gasteiger partial charge in [-0.25, -0.2) is 18.6 Å². The fourth-order valence-electron chi connectivity index (χ4n) is 1.15. The van der Waals surface area contributed by atoms with E-state index in [2.05, 4.69) is 20.9 Å². The zero-order valence-electron chi connectivity index (χ0n) is 9.17. The number of nitrogens with zero attached hydrogens (tertiary/aromatic N) is 1. The first-order valence-corrected chi connectivity index (χ1v) is 5.50. The maximum atomic E-state index is 12.6. The minimum absolute atomic E-state index is 0.0558. The van der Waals surface area contributed by atoms with Gasteiger partial charge in [0.25, 0.3) is 6.43 Å². The molecule has 0 aliphatic rings. The van der Waals surface area contributed by atoms with Gasteiger partial charge < -0.3 is 9.47 Å². The Bertz CT molecular complexity index is 426. The fourth-order valence-corrected chi connectivity index (χ4v) is 1.60. The molecular formula is C10H10BrF2NO3. The number of carbonyl (C=O) groups excluding carboxylic acids is 1. The lowest BCUT2D eigenvalue weighted by atomic mass is 10.2. The van der Waals surface area contributed by atoms with E-state index in [9.17, 15) is 13.6 Å². The lowest BCUT2D eigenvalue weighted by molar-refractivity contribution is 0.0521. The van der Waals surface area contributed by atoms with Gasteiger partial charge in [-0.2, -0.15) is 0 Å². The van der Waals surface area contributed by atoms with Crippen molar-refractivity contribution in [3.8, 4) is 5.88 Å². The Morgan fingerprint density at radius 2 is 2.24 bits per heavy atom. The summed E-state index contributed by atoms with van der Waals surface area (Å²) in [5.41, 5.74) is -0.498. The number of halogens is 3. The summed E-state index contributed by atoms with van der Waals surface area (Å²) in [7, 11) is 1.29. The van der Waals surface area contributed by atoms with Gasteiger partial charge in [-0.3, -0.25) is 0 Å². The molecule has 0 N–H and O–H groups in total. The SMILES string of the molecule is CCOC(=O)c1cc(C(F)F)c(Br)nc1OC. The molecule has 0 fully saturated rings. The van der Waals surface area contributed by atoms with Gasteiger partial charge in [0.2, 0.25) is 5.88 Å². The molecule has 0 bridgehead atoms. The highest BCUT2D eigenvalue weighted by Gasteiger charge is 2.22. The number of rotatable bonds is 4. The quantitative estimate of drug-likeness (QED) is 0.634. The van der Waals surface area contributed by atoms with Crippen LogP contribution in [-0.4, -0.2) is 24.7 Å². The summed E-state index contributed by atoms with van der Waals surface area (Å²) in [5, 5.41) is 0. The average molecular weight is 310 g/mol. The summed E-state index contributed by atoms with van der Waals surface area (Å²) >= 11 is 2.89. The second kappa shape index (κ2) is 5.90. The number of esters is 1. The summed E-state index contributed by atoms with van der Waals surface area (Å²) in [6.07, 6.45) is -2.74. The highest BCUT2D eigenvalue weighted by atomic mass is 79.9. The van der Waals surface area contributed by atoms with Crippen LogP contribution in [0.4, 0.5) is 8.78 Å². The van der Waals surface area contributed by atoms with Crippen molar-refractivity contribution in [2.24, 2.45) is 0 Å². The molecule has 0 unspecified atom stereocenters. The van der Waals surface area contributed by atoms with Crippen LogP contribution >= 0.6 is 15.9 Å². The zero-order chi connectivity index (χ0) is 13.0. The fraction of sp³-hybridized carbons (Fsp3) is 0.400. The monoisotopic (exact) mass is 309 g/mol. The van der Waals surface area contributed by atoms with Crippen LogP contribution < -0.4 is 4.74 Å². The van der Waals surface area contributed by atoms with Crippen LogP contribution in [-0.2, 0) is 4.74 Å². The third-order valence-electron chi connectivity index (χ3n) is 1.89. The van der Waals surface area contributed by atoms with E-state index in [1.165, 1.54) is 7.11 Å². The van der Waals surface area contributed by atoms with Gasteiger partial charge in [-0.1, -0.05) is 0 Å². The number of methoxy groups -OCH3 is 1. The van der Waals surface area contributed by atoms with Crippen molar-refractivity contribution in [1.82, 2.24) is 4.98 Å². The van der Waals surface area contributed by atoms with Crippen molar-refractivity contribution in [3.63, 3.8) is 0 Å². The molecule has 7 heteroatoms. The van der Waals surface area contributed by atoms with Crippen LogP contribution in [0.1, 0.15) is 29.3 Å². The topological polar surface area (TPSA) is 48.4 Å². The van der Waals surface area contributed by atoms with Gasteiger partial charge in [-0.05, 0) is 28.9 Å². The Hall–Kier alpha value is -1.24. The van der Waals surface area contributed by atoms with Crippen molar-refractivity contribution in [3.05, 3.63) is 21.8 Å². The summed E-state index contributed by atoms with van der Waals surface area (Å²) in [6, 6.07) is 1.01. The summed E-state index contributed by atoms with van der Waals surface area (Å²) in [6.45, 7) is 1.76. The summed E-state index contributed by atoms with van der Waals surface area (Å²) in [4.78, 5) is 15.2. The van der Waals surface area contributed by atoms with Crippen molar-refractivity contribution in [1.29, 1.82) is 0 Å². The first kappa shape index (κ1) is 13.8. The maximum Gasteiger partial charge on any atom is 0.343 e. The molecule has 1 heterocycles. The Morgan fingerprint density at radius 1 is 1.59 bits per heavy atom. The molecule has 17 heavy (non-hydrogen) atoms. The molecule has 4 nitrogen and oxygen atoms in total. The number of pyridine rings is 1. The summed E-state index contributed by atoms with van der Waals surface area (Å²) in [5.74, 6) is -0.800. The molecule has 0 amide bonds. The minimum Gasteiger partial charge on any atom is -0.480 e.